The van der Waals surface area contributed by atoms with E-state index in [2.05, 4.69) is 80.5 Å². The number of ether oxygens (including phenoxy) is 2. The lowest BCUT2D eigenvalue weighted by molar-refractivity contribution is -0.111. The predicted octanol–water partition coefficient (Wildman–Crippen LogP) is 6.35. The molecule has 18 nitrogen and oxygen atoms in total. The number of piperazine rings is 1. The highest BCUT2D eigenvalue weighted by molar-refractivity contribution is 6.06. The van der Waals surface area contributed by atoms with Gasteiger partial charge in [-0.05, 0) is 106 Å². The van der Waals surface area contributed by atoms with Crippen LogP contribution in [-0.2, 0) is 42.6 Å². The third-order valence-electron chi connectivity index (χ3n) is 16.2. The van der Waals surface area contributed by atoms with E-state index in [0.29, 0.717) is 77.4 Å². The summed E-state index contributed by atoms with van der Waals surface area (Å²) in [5, 5.41) is 20.8. The molecule has 5 aromatic rings. The van der Waals surface area contributed by atoms with Gasteiger partial charge < -0.3 is 49.5 Å². The molecule has 0 bridgehead atoms. The zero-order chi connectivity index (χ0) is 50.7. The highest BCUT2D eigenvalue weighted by Gasteiger charge is 2.39. The number of hydrogen-bond donors (Lipinski definition) is 4. The number of fused-ring (bicyclic) bond motifs is 4. The van der Waals surface area contributed by atoms with Crippen molar-refractivity contribution in [3.63, 3.8) is 0 Å². The van der Waals surface area contributed by atoms with E-state index in [9.17, 15) is 19.5 Å². The second-order valence-corrected chi connectivity index (χ2v) is 21.7. The second kappa shape index (κ2) is 19.6. The molecule has 0 radical (unpaired) electrons. The Bertz CT molecular complexity index is 3020. The first-order chi connectivity index (χ1) is 35.2. The number of anilines is 7. The van der Waals surface area contributed by atoms with Crippen LogP contribution in [0.2, 0.25) is 0 Å². The molecule has 73 heavy (non-hydrogen) atoms. The minimum absolute atomic E-state index is 0.0510. The number of pyridine rings is 2. The lowest BCUT2D eigenvalue weighted by Gasteiger charge is -2.48. The zero-order valence-electron chi connectivity index (χ0n) is 42.7. The molecule has 4 N–H and O–H groups in total. The molecular formula is C55H68N12O6. The number of nitrogens with zero attached hydrogens (tertiary/aromatic N) is 9. The largest absolute Gasteiger partial charge is 0.487 e. The first kappa shape index (κ1) is 48.5. The van der Waals surface area contributed by atoms with Gasteiger partial charge in [-0.25, -0.2) is 15.0 Å². The van der Waals surface area contributed by atoms with Crippen LogP contribution in [0.25, 0.3) is 11.3 Å². The minimum Gasteiger partial charge on any atom is -0.487 e. The smallest absolute Gasteiger partial charge is 0.293 e. The van der Waals surface area contributed by atoms with E-state index in [-0.39, 0.29) is 40.7 Å². The summed E-state index contributed by atoms with van der Waals surface area (Å²) >= 11 is 0. The van der Waals surface area contributed by atoms with Gasteiger partial charge in [0.1, 0.15) is 18.1 Å². The van der Waals surface area contributed by atoms with Crippen molar-refractivity contribution in [1.82, 2.24) is 29.0 Å². The van der Waals surface area contributed by atoms with Crippen molar-refractivity contribution < 1.29 is 24.2 Å². The van der Waals surface area contributed by atoms with Gasteiger partial charge in [-0.1, -0.05) is 20.4 Å². The summed E-state index contributed by atoms with van der Waals surface area (Å²) < 4.78 is 15.5. The van der Waals surface area contributed by atoms with Crippen molar-refractivity contribution in [2.24, 2.45) is 18.4 Å². The number of benzene rings is 1. The fourth-order valence-electron chi connectivity index (χ4n) is 12.4. The van der Waals surface area contributed by atoms with Gasteiger partial charge in [0.05, 0.1) is 41.6 Å². The number of carbonyl (C=O) groups is 2. The van der Waals surface area contributed by atoms with Gasteiger partial charge in [0.15, 0.2) is 17.4 Å². The fraction of sp³-hybridized carbons (Fsp3) is 0.491. The molecule has 6 aliphatic rings. The molecule has 1 aromatic carbocycles. The summed E-state index contributed by atoms with van der Waals surface area (Å²) in [5.41, 5.74) is 7.36. The summed E-state index contributed by atoms with van der Waals surface area (Å²) in [6, 6.07) is 12.7. The molecule has 1 aliphatic carbocycles. The van der Waals surface area contributed by atoms with Gasteiger partial charge in [-0.15, -0.1) is 0 Å². The van der Waals surface area contributed by atoms with Crippen LogP contribution < -0.4 is 40.9 Å². The topological polar surface area (TPSA) is 187 Å². The van der Waals surface area contributed by atoms with Gasteiger partial charge in [0, 0.05) is 119 Å². The van der Waals surface area contributed by atoms with E-state index in [4.69, 9.17) is 19.4 Å². The van der Waals surface area contributed by atoms with E-state index in [1.807, 2.05) is 30.5 Å². The number of hydrogen-bond acceptors (Lipinski definition) is 14. The number of amides is 2. The van der Waals surface area contributed by atoms with Crippen molar-refractivity contribution in [3.8, 4) is 17.0 Å². The zero-order valence-corrected chi connectivity index (χ0v) is 42.7. The number of aliphatic hydroxyl groups excluding tert-OH is 1. The molecule has 18 heteroatoms. The molecule has 1 unspecified atom stereocenters. The van der Waals surface area contributed by atoms with Crippen molar-refractivity contribution in [2.75, 3.05) is 83.2 Å². The van der Waals surface area contributed by atoms with Gasteiger partial charge in [0.25, 0.3) is 11.5 Å². The molecular weight excluding hydrogens is 925 g/mol. The van der Waals surface area contributed by atoms with Crippen molar-refractivity contribution in [3.05, 3.63) is 101 Å². The van der Waals surface area contributed by atoms with Crippen LogP contribution in [0.3, 0.4) is 0 Å². The van der Waals surface area contributed by atoms with Crippen molar-refractivity contribution >= 4 is 52.0 Å². The molecule has 3 saturated heterocycles. The Hall–Kier alpha value is -6.76. The van der Waals surface area contributed by atoms with Crippen LogP contribution in [0.4, 0.5) is 40.2 Å². The monoisotopic (exact) mass is 993 g/mol. The Balaban J connectivity index is 0.770. The van der Waals surface area contributed by atoms with Crippen LogP contribution in [0.5, 0.6) is 5.75 Å². The van der Waals surface area contributed by atoms with E-state index >= 15 is 0 Å². The number of piperidine rings is 1. The maximum absolute atomic E-state index is 14.1. The van der Waals surface area contributed by atoms with Crippen molar-refractivity contribution in [2.45, 2.75) is 104 Å². The Labute approximate surface area is 426 Å². The van der Waals surface area contributed by atoms with Gasteiger partial charge >= 0.3 is 0 Å². The summed E-state index contributed by atoms with van der Waals surface area (Å²) in [5.74, 6) is 2.09. The molecule has 5 aliphatic heterocycles. The summed E-state index contributed by atoms with van der Waals surface area (Å²) in [7, 11) is 1.65. The fourth-order valence-corrected chi connectivity index (χ4v) is 12.4. The Morgan fingerprint density at radius 1 is 0.986 bits per heavy atom. The van der Waals surface area contributed by atoms with Crippen LogP contribution in [-0.4, -0.2) is 123 Å². The molecule has 2 amide bonds. The van der Waals surface area contributed by atoms with Gasteiger partial charge in [-0.3, -0.25) is 24.2 Å². The van der Waals surface area contributed by atoms with Gasteiger partial charge in [-0.2, -0.15) is 0 Å². The third-order valence-corrected chi connectivity index (χ3v) is 16.2. The van der Waals surface area contributed by atoms with Crippen LogP contribution in [0.15, 0.2) is 72.4 Å². The highest BCUT2D eigenvalue weighted by Crippen LogP contribution is 2.41. The van der Waals surface area contributed by atoms with E-state index in [1.165, 1.54) is 21.9 Å². The number of aliphatic hydroxyl groups is 1. The molecule has 4 atom stereocenters. The molecule has 0 saturated carbocycles. The lowest BCUT2D eigenvalue weighted by atomic mass is 9.90. The second-order valence-electron chi connectivity index (χ2n) is 21.7. The average molecular weight is 993 g/mol. The Morgan fingerprint density at radius 3 is 2.60 bits per heavy atom. The number of aryl methyl sites for hydroxylation is 1. The van der Waals surface area contributed by atoms with Crippen LogP contribution >= 0.6 is 0 Å². The highest BCUT2D eigenvalue weighted by atomic mass is 16.5. The lowest BCUT2D eigenvalue weighted by Crippen LogP contribution is -2.58. The quantitative estimate of drug-likeness (QED) is 0.107. The molecule has 4 aromatic heterocycles. The average Bonchev–Trinajstić information content (AvgIpc) is 3.89. The molecule has 0 spiro atoms. The molecule has 11 rings (SSSR count). The predicted molar refractivity (Wildman–Crippen MR) is 283 cm³/mol. The van der Waals surface area contributed by atoms with Crippen LogP contribution in [0, 0.1) is 11.3 Å². The summed E-state index contributed by atoms with van der Waals surface area (Å²) in [4.78, 5) is 64.1. The number of nitrogens with one attached hydrogen (secondary N) is 3. The number of carbonyl (C=O) groups excluding carboxylic acids is 2. The molecule has 9 heterocycles. The Kier molecular flexibility index (Phi) is 13.0. The molecule has 384 valence electrons. The summed E-state index contributed by atoms with van der Waals surface area (Å²) in [6.45, 7) is 19.0. The van der Waals surface area contributed by atoms with Crippen LogP contribution in [0.1, 0.15) is 80.7 Å². The Morgan fingerprint density at radius 2 is 1.82 bits per heavy atom. The first-order valence-electron chi connectivity index (χ1n) is 26.0. The van der Waals surface area contributed by atoms with Gasteiger partial charge in [0.2, 0.25) is 5.91 Å². The number of rotatable bonds is 11. The third kappa shape index (κ3) is 9.33. The maximum atomic E-state index is 14.1. The standard InChI is InChI=1S/C55H68N12O6/c1-7-49(69)59-42-24-37(58-51-54(71)62(6)30-43(60-51)40-10-14-56-52(41(40)31-68)67-19-18-66-46(53(67)70)23-36-26-55(4,5)27-47(36)66)8-9-45(42)65-17-16-63(29-34(65)3)38-11-15-64(33(2)22-38)39-25-48-50(57-28-39)61-44(32-73-48)35-12-20-72-21-13-35/h7-10,14,23-25,28,30,33-35,38,44,68H,1,11-13,15-22,26-27,29,31-32H2,2-6H3,(H,57,61)(H,58,60)(H,59,69)/t33-,34-,38?,44-/m0/s1. The number of aromatic nitrogens is 5. The van der Waals surface area contributed by atoms with E-state index in [1.54, 1.807) is 30.4 Å². The SMILES string of the molecule is C=CC(=O)Nc1cc(Nc2nc(-c3ccnc(N4CCn5c(cc6c5CC(C)(C)C6)C4=O)c3CO)cn(C)c2=O)ccc1N1CCN(C2CCN(c3cnc4c(c3)OC[C@@H](C3CCOCC3)N4)[C@@H](C)C2)C[C@@H]1C. The van der Waals surface area contributed by atoms with E-state index in [0.717, 1.165) is 101 Å². The first-order valence-corrected chi connectivity index (χ1v) is 26.0. The molecule has 3 fully saturated rings. The van der Waals surface area contributed by atoms with E-state index < -0.39 is 6.61 Å². The van der Waals surface area contributed by atoms with Crippen molar-refractivity contribution in [1.29, 1.82) is 0 Å². The maximum Gasteiger partial charge on any atom is 0.293 e. The normalized spacial score (nSPS) is 23.0. The summed E-state index contributed by atoms with van der Waals surface area (Å²) in [6.07, 6.45) is 12.5. The minimum atomic E-state index is -0.403.